The van der Waals surface area contributed by atoms with Gasteiger partial charge in [-0.15, -0.1) is 0 Å². The van der Waals surface area contributed by atoms with Gasteiger partial charge >= 0.3 is 6.18 Å². The first-order valence-corrected chi connectivity index (χ1v) is 12.3. The Morgan fingerprint density at radius 1 is 1.08 bits per heavy atom. The number of hydrogen-bond acceptors (Lipinski definition) is 7. The van der Waals surface area contributed by atoms with Gasteiger partial charge in [-0.25, -0.2) is 9.97 Å². The van der Waals surface area contributed by atoms with E-state index < -0.39 is 17.6 Å². The molecule has 3 aromatic rings. The van der Waals surface area contributed by atoms with Crippen LogP contribution in [0.1, 0.15) is 39.0 Å². The standard InChI is InChI=1S/C28H29F3N6O2/c1-36(2)10-4-11-37(3)24-8-7-21(28(29,30)31)15-23(24)35-26(38)22-14-18(13-20-9-12-39-25(20)22)5-6-19-16-33-27(32)34-17-19/h7-8,13-17H,4,9-12H2,1-3H3,(H,35,38)(H2,32,33,34). The molecule has 2 heterocycles. The van der Waals surface area contributed by atoms with Gasteiger partial charge in [0.1, 0.15) is 5.75 Å². The molecular weight excluding hydrogens is 509 g/mol. The Morgan fingerprint density at radius 2 is 1.79 bits per heavy atom. The summed E-state index contributed by atoms with van der Waals surface area (Å²) in [6, 6.07) is 6.76. The van der Waals surface area contributed by atoms with Crippen molar-refractivity contribution in [3.8, 4) is 17.6 Å². The zero-order valence-electron chi connectivity index (χ0n) is 21.9. The molecule has 0 fully saturated rings. The van der Waals surface area contributed by atoms with E-state index in [0.717, 1.165) is 30.7 Å². The normalized spacial score (nSPS) is 12.4. The molecule has 3 N–H and O–H groups in total. The molecule has 1 aliphatic rings. The summed E-state index contributed by atoms with van der Waals surface area (Å²) >= 11 is 0. The SMILES string of the molecule is CN(C)CCCN(C)c1ccc(C(F)(F)F)cc1NC(=O)c1cc(C#Cc2cnc(N)nc2)cc2c1OCC2. The van der Waals surface area contributed by atoms with Crippen LogP contribution in [0.2, 0.25) is 0 Å². The minimum atomic E-state index is -4.56. The minimum Gasteiger partial charge on any atom is -0.492 e. The molecule has 8 nitrogen and oxygen atoms in total. The summed E-state index contributed by atoms with van der Waals surface area (Å²) in [4.78, 5) is 25.2. The Kier molecular flexibility index (Phi) is 8.26. The highest BCUT2D eigenvalue weighted by molar-refractivity contribution is 6.08. The zero-order chi connectivity index (χ0) is 28.2. The van der Waals surface area contributed by atoms with E-state index in [1.165, 1.54) is 18.5 Å². The Hall–Kier alpha value is -4.30. The van der Waals surface area contributed by atoms with Crippen LogP contribution in [0.4, 0.5) is 30.5 Å². The maximum absolute atomic E-state index is 13.5. The number of carbonyl (C=O) groups excluding carboxylic acids is 1. The smallest absolute Gasteiger partial charge is 0.416 e. The third kappa shape index (κ3) is 6.97. The fraction of sp³-hybridized carbons (Fsp3) is 0.321. The van der Waals surface area contributed by atoms with E-state index in [0.29, 0.717) is 42.1 Å². The number of aromatic nitrogens is 2. The Balaban J connectivity index is 1.66. The average molecular weight is 539 g/mol. The van der Waals surface area contributed by atoms with Gasteiger partial charge in [-0.1, -0.05) is 11.8 Å². The number of anilines is 3. The van der Waals surface area contributed by atoms with E-state index in [4.69, 9.17) is 10.5 Å². The highest BCUT2D eigenvalue weighted by Gasteiger charge is 2.32. The van der Waals surface area contributed by atoms with Gasteiger partial charge in [-0.2, -0.15) is 13.2 Å². The van der Waals surface area contributed by atoms with Gasteiger partial charge in [0.2, 0.25) is 5.95 Å². The molecule has 0 atom stereocenters. The van der Waals surface area contributed by atoms with Crippen molar-refractivity contribution in [3.63, 3.8) is 0 Å². The number of benzene rings is 2. The van der Waals surface area contributed by atoms with Gasteiger partial charge in [0.25, 0.3) is 5.91 Å². The van der Waals surface area contributed by atoms with E-state index >= 15 is 0 Å². The van der Waals surface area contributed by atoms with Crippen molar-refractivity contribution in [2.45, 2.75) is 19.0 Å². The summed E-state index contributed by atoms with van der Waals surface area (Å²) in [5, 5.41) is 2.70. The van der Waals surface area contributed by atoms with E-state index in [1.54, 1.807) is 13.1 Å². The lowest BCUT2D eigenvalue weighted by atomic mass is 10.0. The molecule has 1 aliphatic heterocycles. The summed E-state index contributed by atoms with van der Waals surface area (Å²) < 4.78 is 46.4. The molecular formula is C28H29F3N6O2. The predicted molar refractivity (Wildman–Crippen MR) is 144 cm³/mol. The zero-order valence-corrected chi connectivity index (χ0v) is 21.9. The van der Waals surface area contributed by atoms with Crippen molar-refractivity contribution < 1.29 is 22.7 Å². The molecule has 0 aliphatic carbocycles. The minimum absolute atomic E-state index is 0.0597. The van der Waals surface area contributed by atoms with Crippen molar-refractivity contribution in [3.05, 3.63) is 70.5 Å². The number of fused-ring (bicyclic) bond motifs is 1. The molecule has 1 aromatic heterocycles. The number of rotatable bonds is 7. The fourth-order valence-electron chi connectivity index (χ4n) is 4.18. The lowest BCUT2D eigenvalue weighted by molar-refractivity contribution is -0.137. The predicted octanol–water partition coefficient (Wildman–Crippen LogP) is 4.05. The number of carbonyl (C=O) groups is 1. The fourth-order valence-corrected chi connectivity index (χ4v) is 4.18. The van der Waals surface area contributed by atoms with Gasteiger partial charge in [0.15, 0.2) is 0 Å². The highest BCUT2D eigenvalue weighted by Crippen LogP contribution is 2.37. The molecule has 1 amide bonds. The lowest BCUT2D eigenvalue weighted by Crippen LogP contribution is -2.25. The van der Waals surface area contributed by atoms with Crippen LogP contribution in [0.3, 0.4) is 0 Å². The average Bonchev–Trinajstić information content (AvgIpc) is 3.35. The maximum atomic E-state index is 13.5. The van der Waals surface area contributed by atoms with Crippen molar-refractivity contribution in [1.29, 1.82) is 0 Å². The van der Waals surface area contributed by atoms with E-state index in [9.17, 15) is 18.0 Å². The molecule has 4 rings (SSSR count). The molecule has 0 radical (unpaired) electrons. The number of amides is 1. The first-order chi connectivity index (χ1) is 18.5. The van der Waals surface area contributed by atoms with Crippen LogP contribution in [0, 0.1) is 11.8 Å². The number of ether oxygens (including phenoxy) is 1. The Labute approximate surface area is 225 Å². The largest absolute Gasteiger partial charge is 0.492 e. The van der Waals surface area contributed by atoms with Crippen LogP contribution in [-0.2, 0) is 12.6 Å². The Morgan fingerprint density at radius 3 is 2.49 bits per heavy atom. The second kappa shape index (κ2) is 11.6. The number of nitrogens with zero attached hydrogens (tertiary/aromatic N) is 4. The number of nitrogens with one attached hydrogen (secondary N) is 1. The summed E-state index contributed by atoms with van der Waals surface area (Å²) in [5.74, 6) is 5.87. The first-order valence-electron chi connectivity index (χ1n) is 12.3. The molecule has 11 heteroatoms. The third-order valence-electron chi connectivity index (χ3n) is 6.13. The van der Waals surface area contributed by atoms with Gasteiger partial charge in [0, 0.05) is 38.0 Å². The summed E-state index contributed by atoms with van der Waals surface area (Å²) in [7, 11) is 5.68. The number of halogens is 3. The van der Waals surface area contributed by atoms with Crippen LogP contribution < -0.4 is 20.7 Å². The van der Waals surface area contributed by atoms with Gasteiger partial charge in [-0.3, -0.25) is 4.79 Å². The lowest BCUT2D eigenvalue weighted by Gasteiger charge is -2.24. The molecule has 39 heavy (non-hydrogen) atoms. The van der Waals surface area contributed by atoms with Crippen LogP contribution in [-0.4, -0.2) is 61.6 Å². The van der Waals surface area contributed by atoms with Gasteiger partial charge in [0.05, 0.1) is 34.7 Å². The molecule has 0 unspecified atom stereocenters. The van der Waals surface area contributed by atoms with Crippen LogP contribution in [0.5, 0.6) is 5.75 Å². The molecule has 204 valence electrons. The molecule has 0 saturated carbocycles. The van der Waals surface area contributed by atoms with E-state index in [-0.39, 0.29) is 17.2 Å². The monoisotopic (exact) mass is 538 g/mol. The van der Waals surface area contributed by atoms with Crippen LogP contribution in [0.25, 0.3) is 0 Å². The maximum Gasteiger partial charge on any atom is 0.416 e. The molecule has 0 bridgehead atoms. The summed E-state index contributed by atoms with van der Waals surface area (Å²) in [6.45, 7) is 1.79. The van der Waals surface area contributed by atoms with Crippen molar-refractivity contribution in [1.82, 2.24) is 14.9 Å². The first kappa shape index (κ1) is 27.7. The van der Waals surface area contributed by atoms with Crippen molar-refractivity contribution in [2.75, 3.05) is 56.8 Å². The summed E-state index contributed by atoms with van der Waals surface area (Å²) in [5.41, 5.74) is 7.28. The number of nitrogen functional groups attached to an aromatic ring is 1. The molecule has 2 aromatic carbocycles. The number of alkyl halides is 3. The van der Waals surface area contributed by atoms with Crippen LogP contribution >= 0.6 is 0 Å². The Bertz CT molecular complexity index is 1410. The van der Waals surface area contributed by atoms with Crippen molar-refractivity contribution >= 4 is 23.2 Å². The van der Waals surface area contributed by atoms with Crippen LogP contribution in [0.15, 0.2) is 42.7 Å². The second-order valence-electron chi connectivity index (χ2n) is 9.45. The topological polar surface area (TPSA) is 96.6 Å². The van der Waals surface area contributed by atoms with Gasteiger partial charge < -0.3 is 25.6 Å². The number of hydrogen-bond donors (Lipinski definition) is 2. The quantitative estimate of drug-likeness (QED) is 0.438. The van der Waals surface area contributed by atoms with E-state index in [2.05, 4.69) is 27.1 Å². The highest BCUT2D eigenvalue weighted by atomic mass is 19.4. The van der Waals surface area contributed by atoms with Crippen molar-refractivity contribution in [2.24, 2.45) is 0 Å². The summed E-state index contributed by atoms with van der Waals surface area (Å²) in [6.07, 6.45) is -0.209. The molecule has 0 saturated heterocycles. The third-order valence-corrected chi connectivity index (χ3v) is 6.13. The number of nitrogens with two attached hydrogens (primary N) is 1. The molecule has 0 spiro atoms. The van der Waals surface area contributed by atoms with E-state index in [1.807, 2.05) is 30.0 Å². The second-order valence-corrected chi connectivity index (χ2v) is 9.45. The van der Waals surface area contributed by atoms with Gasteiger partial charge in [-0.05, 0) is 63.0 Å².